The number of nitrogens with zero attached hydrogens (tertiary/aromatic N) is 1. The molecule has 1 fully saturated rings. The molecule has 1 heterocycles. The second-order valence-corrected chi connectivity index (χ2v) is 4.89. The van der Waals surface area contributed by atoms with E-state index in [2.05, 4.69) is 5.43 Å². The smallest absolute Gasteiger partial charge is 0.335 e. The Morgan fingerprint density at radius 1 is 1.41 bits per heavy atom. The summed E-state index contributed by atoms with van der Waals surface area (Å²) in [5.74, 6) is -0.763. The van der Waals surface area contributed by atoms with Crippen molar-refractivity contribution in [2.24, 2.45) is 0 Å². The minimum atomic E-state index is -0.986. The van der Waals surface area contributed by atoms with Crippen LogP contribution in [0.5, 0.6) is 0 Å². The highest BCUT2D eigenvalue weighted by Crippen LogP contribution is 2.20. The maximum atomic E-state index is 11.4. The fourth-order valence-electron chi connectivity index (χ4n) is 1.28. The quantitative estimate of drug-likeness (QED) is 0.811. The first-order valence-corrected chi connectivity index (χ1v) is 6.07. The van der Waals surface area contributed by atoms with Gasteiger partial charge < -0.3 is 5.11 Å². The van der Waals surface area contributed by atoms with Crippen LogP contribution < -0.4 is 5.43 Å². The third kappa shape index (κ3) is 2.56. The van der Waals surface area contributed by atoms with Gasteiger partial charge in [-0.15, -0.1) is 0 Å². The predicted molar refractivity (Wildman–Crippen MR) is 68.9 cm³/mol. The van der Waals surface area contributed by atoms with Gasteiger partial charge in [0.2, 0.25) is 0 Å². The summed E-state index contributed by atoms with van der Waals surface area (Å²) in [7, 11) is 0. The lowest BCUT2D eigenvalue weighted by atomic mass is 10.2. The molecule has 0 bridgehead atoms. The Hall–Kier alpha value is -1.60. The predicted octanol–water partition coefficient (Wildman–Crippen LogP) is 1.57. The highest BCUT2D eigenvalue weighted by Gasteiger charge is 2.26. The van der Waals surface area contributed by atoms with Crippen molar-refractivity contribution in [3.63, 3.8) is 0 Å². The highest BCUT2D eigenvalue weighted by atomic mass is 32.2. The van der Waals surface area contributed by atoms with Gasteiger partial charge in [0.25, 0.3) is 5.91 Å². The molecule has 1 aliphatic heterocycles. The van der Waals surface area contributed by atoms with Crippen LogP contribution in [0.25, 0.3) is 0 Å². The number of anilines is 1. The van der Waals surface area contributed by atoms with Gasteiger partial charge in [-0.25, -0.2) is 9.80 Å². The van der Waals surface area contributed by atoms with Crippen LogP contribution in [0.4, 0.5) is 5.69 Å². The summed E-state index contributed by atoms with van der Waals surface area (Å²) < 4.78 is 0.470. The van der Waals surface area contributed by atoms with Gasteiger partial charge in [-0.3, -0.25) is 10.2 Å². The van der Waals surface area contributed by atoms with Crippen molar-refractivity contribution in [3.05, 3.63) is 29.8 Å². The first-order chi connectivity index (χ1) is 8.08. The number of carboxylic acid groups (broad SMARTS) is 1. The molecule has 2 N–H and O–H groups in total. The maximum absolute atomic E-state index is 11.4. The van der Waals surface area contributed by atoms with E-state index in [1.54, 1.807) is 12.1 Å². The summed E-state index contributed by atoms with van der Waals surface area (Å²) >= 11 is 6.29. The Bertz CT molecular complexity index is 471. The van der Waals surface area contributed by atoms with Crippen molar-refractivity contribution < 1.29 is 14.7 Å². The van der Waals surface area contributed by atoms with Crippen LogP contribution in [-0.4, -0.2) is 32.1 Å². The van der Waals surface area contributed by atoms with Gasteiger partial charge in [0.1, 0.15) is 0 Å². The molecule has 0 unspecified atom stereocenters. The summed E-state index contributed by atoms with van der Waals surface area (Å²) in [6, 6.07) is 6.09. The van der Waals surface area contributed by atoms with E-state index in [1.165, 1.54) is 28.9 Å². The number of thioether (sulfide) groups is 1. The average molecular weight is 268 g/mol. The molecule has 1 aromatic rings. The molecule has 0 radical (unpaired) electrons. The zero-order valence-corrected chi connectivity index (χ0v) is 10.2. The highest BCUT2D eigenvalue weighted by molar-refractivity contribution is 8.23. The van der Waals surface area contributed by atoms with Gasteiger partial charge in [-0.1, -0.05) is 24.0 Å². The Morgan fingerprint density at radius 3 is 2.53 bits per heavy atom. The van der Waals surface area contributed by atoms with Crippen molar-refractivity contribution >= 4 is 45.9 Å². The first-order valence-electron chi connectivity index (χ1n) is 4.67. The lowest BCUT2D eigenvalue weighted by molar-refractivity contribution is -0.123. The molecule has 0 spiro atoms. The molecule has 0 aliphatic carbocycles. The standard InChI is InChI=1S/C10H8N2O3S2/c13-8-5-17-10(16)12(8)11-7-3-1-6(2-4-7)9(14)15/h1-4,11H,5H2,(H,14,15). The van der Waals surface area contributed by atoms with Gasteiger partial charge >= 0.3 is 5.97 Å². The first kappa shape index (κ1) is 11.9. The number of hydrogen-bond acceptors (Lipinski definition) is 5. The SMILES string of the molecule is O=C(O)c1ccc(NN2C(=O)CSC2=S)cc1. The number of hydrogen-bond donors (Lipinski definition) is 2. The van der Waals surface area contributed by atoms with Crippen LogP contribution in [0.2, 0.25) is 0 Å². The van der Waals surface area contributed by atoms with Crippen molar-refractivity contribution in [1.29, 1.82) is 0 Å². The minimum absolute atomic E-state index is 0.109. The van der Waals surface area contributed by atoms with Crippen molar-refractivity contribution in [2.75, 3.05) is 11.2 Å². The molecule has 5 nitrogen and oxygen atoms in total. The fraction of sp³-hybridized carbons (Fsp3) is 0.100. The minimum Gasteiger partial charge on any atom is -0.478 e. The second-order valence-electron chi connectivity index (χ2n) is 3.28. The molecule has 1 amide bonds. The summed E-state index contributed by atoms with van der Waals surface area (Å²) in [6.45, 7) is 0. The molecular formula is C10H8N2O3S2. The van der Waals surface area contributed by atoms with E-state index in [1.807, 2.05) is 0 Å². The Labute approximate surface area is 107 Å². The molecular weight excluding hydrogens is 260 g/mol. The van der Waals surface area contributed by atoms with Gasteiger partial charge in [0.15, 0.2) is 4.32 Å². The summed E-state index contributed by atoms with van der Waals surface area (Å²) in [5.41, 5.74) is 3.65. The average Bonchev–Trinajstić information content (AvgIpc) is 2.61. The number of benzene rings is 1. The topological polar surface area (TPSA) is 69.6 Å². The number of rotatable bonds is 3. The van der Waals surface area contributed by atoms with Crippen LogP contribution in [0.3, 0.4) is 0 Å². The Kier molecular flexibility index (Phi) is 3.30. The van der Waals surface area contributed by atoms with Gasteiger partial charge in [-0.05, 0) is 24.3 Å². The van der Waals surface area contributed by atoms with E-state index in [-0.39, 0.29) is 11.5 Å². The molecule has 88 valence electrons. The largest absolute Gasteiger partial charge is 0.478 e. The lowest BCUT2D eigenvalue weighted by Crippen LogP contribution is -2.34. The van der Waals surface area contributed by atoms with E-state index in [9.17, 15) is 9.59 Å². The van der Waals surface area contributed by atoms with Crippen LogP contribution in [0.1, 0.15) is 10.4 Å². The molecule has 0 atom stereocenters. The summed E-state index contributed by atoms with van der Waals surface area (Å²) in [6.07, 6.45) is 0. The van der Waals surface area contributed by atoms with E-state index < -0.39 is 5.97 Å². The molecule has 2 rings (SSSR count). The van der Waals surface area contributed by atoms with Crippen molar-refractivity contribution in [3.8, 4) is 0 Å². The number of carboxylic acids is 1. The van der Waals surface area contributed by atoms with E-state index >= 15 is 0 Å². The van der Waals surface area contributed by atoms with Crippen LogP contribution >= 0.6 is 24.0 Å². The zero-order chi connectivity index (χ0) is 12.4. The molecule has 17 heavy (non-hydrogen) atoms. The molecule has 1 aliphatic rings. The molecule has 1 aromatic carbocycles. The van der Waals surface area contributed by atoms with Gasteiger partial charge in [0.05, 0.1) is 17.0 Å². The van der Waals surface area contributed by atoms with Gasteiger partial charge in [0, 0.05) is 0 Å². The van der Waals surface area contributed by atoms with Crippen molar-refractivity contribution in [1.82, 2.24) is 5.01 Å². The number of carbonyl (C=O) groups excluding carboxylic acids is 1. The number of amides is 1. The molecule has 0 saturated carbocycles. The maximum Gasteiger partial charge on any atom is 0.335 e. The third-order valence-electron chi connectivity index (χ3n) is 2.12. The van der Waals surface area contributed by atoms with E-state index in [4.69, 9.17) is 17.3 Å². The normalized spacial score (nSPS) is 15.2. The third-order valence-corrected chi connectivity index (χ3v) is 3.48. The Morgan fingerprint density at radius 2 is 2.06 bits per heavy atom. The number of nitrogens with one attached hydrogen (secondary N) is 1. The molecule has 1 saturated heterocycles. The van der Waals surface area contributed by atoms with E-state index in [0.717, 1.165) is 0 Å². The van der Waals surface area contributed by atoms with Crippen LogP contribution in [0.15, 0.2) is 24.3 Å². The molecule has 0 aromatic heterocycles. The number of hydrazine groups is 1. The number of thiocarbonyl (C=S) groups is 1. The van der Waals surface area contributed by atoms with Gasteiger partial charge in [-0.2, -0.15) is 0 Å². The zero-order valence-electron chi connectivity index (χ0n) is 8.54. The van der Waals surface area contributed by atoms with Crippen LogP contribution in [-0.2, 0) is 4.79 Å². The van der Waals surface area contributed by atoms with Crippen molar-refractivity contribution in [2.45, 2.75) is 0 Å². The molecule has 7 heteroatoms. The summed E-state index contributed by atoms with van der Waals surface area (Å²) in [4.78, 5) is 22.1. The number of carbonyl (C=O) groups is 2. The van der Waals surface area contributed by atoms with E-state index in [0.29, 0.717) is 15.8 Å². The monoisotopic (exact) mass is 268 g/mol. The Balaban J connectivity index is 2.11. The summed E-state index contributed by atoms with van der Waals surface area (Å²) in [5, 5.41) is 10.0. The second kappa shape index (κ2) is 4.72. The number of aromatic carboxylic acids is 1. The lowest BCUT2D eigenvalue weighted by Gasteiger charge is -2.17. The fourth-order valence-corrected chi connectivity index (χ4v) is 2.26. The van der Waals surface area contributed by atoms with Crippen LogP contribution in [0, 0.1) is 0 Å².